The highest BCUT2D eigenvalue weighted by atomic mass is 19.2. The summed E-state index contributed by atoms with van der Waals surface area (Å²) in [5, 5.41) is 10.1. The average molecular weight is 338 g/mol. The van der Waals surface area contributed by atoms with Crippen LogP contribution in [0, 0.1) is 17.5 Å². The smallest absolute Gasteiger partial charge is 0.249 e. The van der Waals surface area contributed by atoms with Gasteiger partial charge in [-0.2, -0.15) is 10.1 Å². The Morgan fingerprint density at radius 1 is 1.08 bits per heavy atom. The van der Waals surface area contributed by atoms with Gasteiger partial charge in [0.05, 0.1) is 11.9 Å². The Balaban J connectivity index is 1.75. The van der Waals surface area contributed by atoms with Crippen LogP contribution in [0.1, 0.15) is 6.92 Å². The molecule has 0 atom stereocenters. The lowest BCUT2D eigenvalue weighted by atomic mass is 10.3. The number of aromatic nitrogens is 3. The lowest BCUT2D eigenvalue weighted by Gasteiger charge is -2.34. The molecule has 0 amide bonds. The minimum absolute atomic E-state index is 0.0235. The monoisotopic (exact) mass is 338 g/mol. The number of nitrogens with zero attached hydrogens (tertiary/aromatic N) is 5. The predicted octanol–water partition coefficient (Wildman–Crippen LogP) is 2.17. The third-order valence-corrected chi connectivity index (χ3v) is 3.97. The Labute approximate surface area is 137 Å². The van der Waals surface area contributed by atoms with Crippen LogP contribution in [0.2, 0.25) is 0 Å². The summed E-state index contributed by atoms with van der Waals surface area (Å²) in [6.45, 7) is 6.54. The molecule has 9 heteroatoms. The zero-order chi connectivity index (χ0) is 17.1. The zero-order valence-electron chi connectivity index (χ0n) is 13.1. The first-order valence-electron chi connectivity index (χ1n) is 7.66. The van der Waals surface area contributed by atoms with Gasteiger partial charge in [-0.3, -0.25) is 0 Å². The second-order valence-electron chi connectivity index (χ2n) is 5.41. The Morgan fingerprint density at radius 2 is 1.83 bits per heavy atom. The van der Waals surface area contributed by atoms with Crippen LogP contribution >= 0.6 is 0 Å². The number of rotatable bonds is 4. The van der Waals surface area contributed by atoms with Gasteiger partial charge in [0, 0.05) is 26.2 Å². The molecule has 0 radical (unpaired) electrons. The third kappa shape index (κ3) is 3.40. The van der Waals surface area contributed by atoms with Gasteiger partial charge in [-0.25, -0.2) is 13.2 Å². The van der Waals surface area contributed by atoms with Gasteiger partial charge in [-0.05, 0) is 18.7 Å². The lowest BCUT2D eigenvalue weighted by molar-refractivity contribution is 0.270. The van der Waals surface area contributed by atoms with Gasteiger partial charge >= 0.3 is 0 Å². The highest BCUT2D eigenvalue weighted by molar-refractivity contribution is 5.55. The van der Waals surface area contributed by atoms with Crippen LogP contribution in [0.5, 0.6) is 0 Å². The molecule has 0 saturated carbocycles. The van der Waals surface area contributed by atoms with E-state index in [1.54, 1.807) is 0 Å². The van der Waals surface area contributed by atoms with Crippen molar-refractivity contribution in [2.24, 2.45) is 0 Å². The maximum atomic E-state index is 13.7. The van der Waals surface area contributed by atoms with Crippen LogP contribution in [0.4, 0.5) is 30.6 Å². The molecule has 0 unspecified atom stereocenters. The molecule has 0 bridgehead atoms. The molecular formula is C15H17F3N6. The largest absolute Gasteiger partial charge is 0.353 e. The summed E-state index contributed by atoms with van der Waals surface area (Å²) in [5.74, 6) is -3.48. The standard InChI is InChI=1S/C15H17F3N6/c1-2-23-5-7-24(8-6-23)12-9-19-22-15(21-12)20-11-4-3-10(16)13(17)14(11)18/h3-4,9H,2,5-8H2,1H3,(H,20,21,22). The van der Waals surface area contributed by atoms with E-state index >= 15 is 0 Å². The molecule has 1 aromatic carbocycles. The van der Waals surface area contributed by atoms with Crippen molar-refractivity contribution >= 4 is 17.5 Å². The summed E-state index contributed by atoms with van der Waals surface area (Å²) < 4.78 is 40.0. The summed E-state index contributed by atoms with van der Waals surface area (Å²) in [6, 6.07) is 1.92. The SMILES string of the molecule is CCN1CCN(c2cnnc(Nc3ccc(F)c(F)c3F)n2)CC1. The number of benzene rings is 1. The van der Waals surface area contributed by atoms with E-state index in [9.17, 15) is 13.2 Å². The van der Waals surface area contributed by atoms with E-state index in [4.69, 9.17) is 0 Å². The summed E-state index contributed by atoms with van der Waals surface area (Å²) in [5.41, 5.74) is -0.247. The van der Waals surface area contributed by atoms with E-state index in [1.807, 2.05) is 4.90 Å². The molecule has 6 nitrogen and oxygen atoms in total. The van der Waals surface area contributed by atoms with Crippen LogP contribution < -0.4 is 10.2 Å². The maximum absolute atomic E-state index is 13.7. The van der Waals surface area contributed by atoms with E-state index in [-0.39, 0.29) is 11.6 Å². The van der Waals surface area contributed by atoms with Crippen LogP contribution in [0.15, 0.2) is 18.3 Å². The lowest BCUT2D eigenvalue weighted by Crippen LogP contribution is -2.46. The fourth-order valence-electron chi connectivity index (χ4n) is 2.54. The van der Waals surface area contributed by atoms with E-state index in [2.05, 4.69) is 32.3 Å². The fourth-order valence-corrected chi connectivity index (χ4v) is 2.54. The normalized spacial score (nSPS) is 15.6. The molecule has 1 fully saturated rings. The van der Waals surface area contributed by atoms with Crippen molar-refractivity contribution in [3.05, 3.63) is 35.8 Å². The van der Waals surface area contributed by atoms with Crippen molar-refractivity contribution < 1.29 is 13.2 Å². The van der Waals surface area contributed by atoms with Crippen LogP contribution in [0.3, 0.4) is 0 Å². The molecule has 1 aliphatic heterocycles. The van der Waals surface area contributed by atoms with E-state index in [0.29, 0.717) is 5.82 Å². The maximum Gasteiger partial charge on any atom is 0.249 e. The number of hydrogen-bond acceptors (Lipinski definition) is 6. The molecule has 1 N–H and O–H groups in total. The summed E-state index contributed by atoms with van der Waals surface area (Å²) in [6.07, 6.45) is 1.52. The summed E-state index contributed by atoms with van der Waals surface area (Å²) >= 11 is 0. The molecular weight excluding hydrogens is 321 g/mol. The minimum Gasteiger partial charge on any atom is -0.353 e. The quantitative estimate of drug-likeness (QED) is 0.863. The van der Waals surface area contributed by atoms with Gasteiger partial charge in [0.1, 0.15) is 0 Å². The zero-order valence-corrected chi connectivity index (χ0v) is 13.1. The third-order valence-electron chi connectivity index (χ3n) is 3.97. The molecule has 2 aromatic rings. The molecule has 2 heterocycles. The Bertz CT molecular complexity index is 718. The molecule has 128 valence electrons. The Morgan fingerprint density at radius 3 is 2.54 bits per heavy atom. The first-order valence-corrected chi connectivity index (χ1v) is 7.66. The Hall–Kier alpha value is -2.42. The number of halogens is 3. The number of likely N-dealkylation sites (N-methyl/N-ethyl adjacent to an activating group) is 1. The van der Waals surface area contributed by atoms with Crippen molar-refractivity contribution in [2.75, 3.05) is 42.9 Å². The average Bonchev–Trinajstić information content (AvgIpc) is 2.62. The molecule has 0 aliphatic carbocycles. The van der Waals surface area contributed by atoms with Crippen molar-refractivity contribution in [1.29, 1.82) is 0 Å². The molecule has 24 heavy (non-hydrogen) atoms. The van der Waals surface area contributed by atoms with Crippen LogP contribution in [0.25, 0.3) is 0 Å². The van der Waals surface area contributed by atoms with Crippen LogP contribution in [-0.4, -0.2) is 52.8 Å². The molecule has 1 aliphatic rings. The van der Waals surface area contributed by atoms with Gasteiger partial charge in [0.15, 0.2) is 23.3 Å². The van der Waals surface area contributed by atoms with E-state index in [0.717, 1.165) is 44.9 Å². The molecule has 3 rings (SSSR count). The molecule has 1 saturated heterocycles. The van der Waals surface area contributed by atoms with Gasteiger partial charge in [0.25, 0.3) is 0 Å². The van der Waals surface area contributed by atoms with E-state index in [1.165, 1.54) is 6.20 Å². The molecule has 1 aromatic heterocycles. The van der Waals surface area contributed by atoms with Gasteiger partial charge < -0.3 is 15.1 Å². The van der Waals surface area contributed by atoms with Gasteiger partial charge in [-0.15, -0.1) is 5.10 Å². The first kappa shape index (κ1) is 16.4. The fraction of sp³-hybridized carbons (Fsp3) is 0.400. The first-order chi connectivity index (χ1) is 11.6. The van der Waals surface area contributed by atoms with Crippen molar-refractivity contribution in [1.82, 2.24) is 20.1 Å². The topological polar surface area (TPSA) is 57.2 Å². The van der Waals surface area contributed by atoms with Gasteiger partial charge in [-0.1, -0.05) is 6.92 Å². The predicted molar refractivity (Wildman–Crippen MR) is 83.8 cm³/mol. The Kier molecular flexibility index (Phi) is 4.79. The van der Waals surface area contributed by atoms with Crippen molar-refractivity contribution in [3.63, 3.8) is 0 Å². The number of piperazine rings is 1. The highest BCUT2D eigenvalue weighted by Gasteiger charge is 2.18. The number of nitrogens with one attached hydrogen (secondary N) is 1. The summed E-state index contributed by atoms with van der Waals surface area (Å²) in [4.78, 5) is 8.65. The van der Waals surface area contributed by atoms with Crippen molar-refractivity contribution in [2.45, 2.75) is 6.92 Å². The summed E-state index contributed by atoms with van der Waals surface area (Å²) in [7, 11) is 0. The number of hydrogen-bond donors (Lipinski definition) is 1. The molecule has 0 spiro atoms. The minimum atomic E-state index is -1.54. The van der Waals surface area contributed by atoms with Crippen molar-refractivity contribution in [3.8, 4) is 0 Å². The number of anilines is 3. The second-order valence-corrected chi connectivity index (χ2v) is 5.41. The van der Waals surface area contributed by atoms with E-state index < -0.39 is 17.5 Å². The van der Waals surface area contributed by atoms with Crippen LogP contribution in [-0.2, 0) is 0 Å². The second kappa shape index (κ2) is 7.00. The highest BCUT2D eigenvalue weighted by Crippen LogP contribution is 2.22. The van der Waals surface area contributed by atoms with Gasteiger partial charge in [0.2, 0.25) is 5.95 Å².